The quantitative estimate of drug-likeness (QED) is 0.640. The normalized spacial score (nSPS) is 11.8. The standard InChI is InChI=1S/C11H12ClF4NO/c12-9-1-2-10(13)8(5-9)6-17-3-4-18-7-11(14,15)16/h1-2,5,17H,3-4,6-7H2. The molecule has 7 heteroatoms. The summed E-state index contributed by atoms with van der Waals surface area (Å²) in [4.78, 5) is 0. The molecule has 2 nitrogen and oxygen atoms in total. The Balaban J connectivity index is 2.20. The summed E-state index contributed by atoms with van der Waals surface area (Å²) in [6.07, 6.45) is -4.32. The molecule has 0 aliphatic heterocycles. The van der Waals surface area contributed by atoms with Gasteiger partial charge in [-0.15, -0.1) is 0 Å². The summed E-state index contributed by atoms with van der Waals surface area (Å²) >= 11 is 5.69. The van der Waals surface area contributed by atoms with Gasteiger partial charge in [0.2, 0.25) is 0 Å². The average Bonchev–Trinajstić information content (AvgIpc) is 2.26. The van der Waals surface area contributed by atoms with Gasteiger partial charge in [0.05, 0.1) is 6.61 Å². The highest BCUT2D eigenvalue weighted by molar-refractivity contribution is 6.30. The van der Waals surface area contributed by atoms with Gasteiger partial charge in [0.25, 0.3) is 0 Å². The lowest BCUT2D eigenvalue weighted by atomic mass is 10.2. The number of rotatable bonds is 6. The van der Waals surface area contributed by atoms with Crippen molar-refractivity contribution in [1.82, 2.24) is 5.32 Å². The van der Waals surface area contributed by atoms with Crippen molar-refractivity contribution in [3.8, 4) is 0 Å². The molecule has 102 valence electrons. The van der Waals surface area contributed by atoms with Crippen LogP contribution < -0.4 is 5.32 Å². The van der Waals surface area contributed by atoms with Gasteiger partial charge in [-0.3, -0.25) is 0 Å². The molecule has 0 spiro atoms. The van der Waals surface area contributed by atoms with Gasteiger partial charge in [0, 0.05) is 23.7 Å². The van der Waals surface area contributed by atoms with E-state index in [9.17, 15) is 17.6 Å². The number of hydrogen-bond acceptors (Lipinski definition) is 2. The molecule has 0 aliphatic rings. The van der Waals surface area contributed by atoms with E-state index in [4.69, 9.17) is 11.6 Å². The molecule has 0 fully saturated rings. The van der Waals surface area contributed by atoms with Gasteiger partial charge >= 0.3 is 6.18 Å². The molecule has 1 N–H and O–H groups in total. The van der Waals surface area contributed by atoms with E-state index in [-0.39, 0.29) is 19.7 Å². The maximum Gasteiger partial charge on any atom is 0.411 e. The Morgan fingerprint density at radius 2 is 2.00 bits per heavy atom. The smallest absolute Gasteiger partial charge is 0.371 e. The van der Waals surface area contributed by atoms with Crippen LogP contribution in [0.4, 0.5) is 17.6 Å². The number of ether oxygens (including phenoxy) is 1. The van der Waals surface area contributed by atoms with Gasteiger partial charge in [-0.2, -0.15) is 13.2 Å². The Bertz CT molecular complexity index is 384. The molecule has 0 radical (unpaired) electrons. The number of halogens is 5. The first-order valence-corrected chi connectivity index (χ1v) is 5.55. The molecule has 18 heavy (non-hydrogen) atoms. The summed E-state index contributed by atoms with van der Waals surface area (Å²) < 4.78 is 52.8. The zero-order valence-corrected chi connectivity index (χ0v) is 10.1. The predicted molar refractivity (Wildman–Crippen MR) is 60.0 cm³/mol. The van der Waals surface area contributed by atoms with Gasteiger partial charge in [0.1, 0.15) is 12.4 Å². The first-order valence-electron chi connectivity index (χ1n) is 5.17. The lowest BCUT2D eigenvalue weighted by Crippen LogP contribution is -2.23. The third-order valence-electron chi connectivity index (χ3n) is 2.01. The summed E-state index contributed by atoms with van der Waals surface area (Å²) in [6, 6.07) is 4.12. The third kappa shape index (κ3) is 6.18. The van der Waals surface area contributed by atoms with Gasteiger partial charge < -0.3 is 10.1 Å². The molecule has 0 atom stereocenters. The number of nitrogens with one attached hydrogen (secondary N) is 1. The highest BCUT2D eigenvalue weighted by Crippen LogP contribution is 2.15. The molecule has 0 bridgehead atoms. The van der Waals surface area contributed by atoms with Crippen LogP contribution in [0.25, 0.3) is 0 Å². The zero-order valence-electron chi connectivity index (χ0n) is 9.36. The van der Waals surface area contributed by atoms with Crippen molar-refractivity contribution < 1.29 is 22.3 Å². The van der Waals surface area contributed by atoms with Crippen LogP contribution in [0, 0.1) is 5.82 Å². The largest absolute Gasteiger partial charge is 0.411 e. The summed E-state index contributed by atoms with van der Waals surface area (Å²) in [6.45, 7) is -0.994. The molecule has 0 amide bonds. The first kappa shape index (κ1) is 15.2. The second-order valence-corrected chi connectivity index (χ2v) is 4.02. The molecular formula is C11H12ClF4NO. The van der Waals surface area contributed by atoms with Crippen molar-refractivity contribution in [1.29, 1.82) is 0 Å². The van der Waals surface area contributed by atoms with Gasteiger partial charge in [0.15, 0.2) is 0 Å². The third-order valence-corrected chi connectivity index (χ3v) is 2.25. The van der Waals surface area contributed by atoms with E-state index >= 15 is 0 Å². The fourth-order valence-corrected chi connectivity index (χ4v) is 1.43. The fourth-order valence-electron chi connectivity index (χ4n) is 1.23. The molecule has 1 rings (SSSR count). The van der Waals surface area contributed by atoms with Crippen LogP contribution in [0.3, 0.4) is 0 Å². The summed E-state index contributed by atoms with van der Waals surface area (Å²) in [5, 5.41) is 3.17. The molecule has 0 saturated carbocycles. The molecule has 0 saturated heterocycles. The van der Waals surface area contributed by atoms with Crippen molar-refractivity contribution in [2.24, 2.45) is 0 Å². The van der Waals surface area contributed by atoms with Crippen molar-refractivity contribution in [3.05, 3.63) is 34.6 Å². The Kier molecular flexibility index (Phi) is 5.84. The molecule has 1 aromatic carbocycles. The Hall–Kier alpha value is -0.850. The molecule has 0 heterocycles. The van der Waals surface area contributed by atoms with Crippen LogP contribution in [0.1, 0.15) is 5.56 Å². The van der Waals surface area contributed by atoms with Gasteiger partial charge in [-0.1, -0.05) is 11.6 Å². The van der Waals surface area contributed by atoms with E-state index in [2.05, 4.69) is 10.1 Å². The number of alkyl halides is 3. The van der Waals surface area contributed by atoms with Crippen LogP contribution in [0.5, 0.6) is 0 Å². The fraction of sp³-hybridized carbons (Fsp3) is 0.455. The van der Waals surface area contributed by atoms with Crippen molar-refractivity contribution >= 4 is 11.6 Å². The minimum atomic E-state index is -4.32. The van der Waals surface area contributed by atoms with E-state index in [1.165, 1.54) is 18.2 Å². The minimum Gasteiger partial charge on any atom is -0.371 e. The second-order valence-electron chi connectivity index (χ2n) is 3.58. The maximum atomic E-state index is 13.2. The van der Waals surface area contributed by atoms with E-state index in [0.29, 0.717) is 10.6 Å². The molecule has 0 aliphatic carbocycles. The SMILES string of the molecule is Fc1ccc(Cl)cc1CNCCOCC(F)(F)F. The zero-order chi connectivity index (χ0) is 13.6. The molecule has 0 aromatic heterocycles. The van der Waals surface area contributed by atoms with Crippen molar-refractivity contribution in [3.63, 3.8) is 0 Å². The number of hydrogen-bond donors (Lipinski definition) is 1. The molecule has 1 aromatic rings. The van der Waals surface area contributed by atoms with Crippen LogP contribution in [-0.2, 0) is 11.3 Å². The number of benzene rings is 1. The first-order chi connectivity index (χ1) is 8.38. The van der Waals surface area contributed by atoms with Crippen LogP contribution in [-0.4, -0.2) is 25.9 Å². The highest BCUT2D eigenvalue weighted by Gasteiger charge is 2.27. The van der Waals surface area contributed by atoms with E-state index in [0.717, 1.165) is 0 Å². The Morgan fingerprint density at radius 1 is 1.28 bits per heavy atom. The summed E-state index contributed by atoms with van der Waals surface area (Å²) in [5.74, 6) is -0.414. The lowest BCUT2D eigenvalue weighted by molar-refractivity contribution is -0.173. The molecule has 0 unspecified atom stereocenters. The Labute approximate surface area is 107 Å². The summed E-state index contributed by atoms with van der Waals surface area (Å²) in [5.41, 5.74) is 0.360. The van der Waals surface area contributed by atoms with Gasteiger partial charge in [-0.05, 0) is 18.2 Å². The summed E-state index contributed by atoms with van der Waals surface area (Å²) in [7, 11) is 0. The van der Waals surface area contributed by atoms with Crippen molar-refractivity contribution in [2.45, 2.75) is 12.7 Å². The monoisotopic (exact) mass is 285 g/mol. The van der Waals surface area contributed by atoms with E-state index in [1.54, 1.807) is 0 Å². The lowest BCUT2D eigenvalue weighted by Gasteiger charge is -2.09. The van der Waals surface area contributed by atoms with Crippen LogP contribution in [0.15, 0.2) is 18.2 Å². The maximum absolute atomic E-state index is 13.2. The Morgan fingerprint density at radius 3 is 2.67 bits per heavy atom. The van der Waals surface area contributed by atoms with E-state index < -0.39 is 18.6 Å². The average molecular weight is 286 g/mol. The predicted octanol–water partition coefficient (Wildman–Crippen LogP) is 3.15. The highest BCUT2D eigenvalue weighted by atomic mass is 35.5. The topological polar surface area (TPSA) is 21.3 Å². The molecular weight excluding hydrogens is 274 g/mol. The van der Waals surface area contributed by atoms with Crippen molar-refractivity contribution in [2.75, 3.05) is 19.8 Å². The van der Waals surface area contributed by atoms with Gasteiger partial charge in [-0.25, -0.2) is 4.39 Å². The van der Waals surface area contributed by atoms with Crippen LogP contribution in [0.2, 0.25) is 5.02 Å². The van der Waals surface area contributed by atoms with Crippen LogP contribution >= 0.6 is 11.6 Å². The second kappa shape index (κ2) is 6.92. The van der Waals surface area contributed by atoms with E-state index in [1.807, 2.05) is 0 Å². The minimum absolute atomic E-state index is 0.0955.